The number of benzene rings is 2. The first-order valence-corrected chi connectivity index (χ1v) is 15.2. The first-order valence-electron chi connectivity index (χ1n) is 14.5. The lowest BCUT2D eigenvalue weighted by molar-refractivity contribution is -0.119. The Bertz CT molecular complexity index is 2000. The van der Waals surface area contributed by atoms with E-state index in [9.17, 15) is 9.59 Å². The fraction of sp³-hybridized carbons (Fsp3) is 0.242. The maximum Gasteiger partial charge on any atom is 0.278 e. The number of anilines is 2. The molecule has 1 saturated heterocycles. The molecule has 2 aromatic carbocycles. The van der Waals surface area contributed by atoms with Crippen molar-refractivity contribution in [1.29, 1.82) is 0 Å². The first kappa shape index (κ1) is 30.5. The summed E-state index contributed by atoms with van der Waals surface area (Å²) in [6.07, 6.45) is 3.04. The van der Waals surface area contributed by atoms with Crippen molar-refractivity contribution in [1.82, 2.24) is 30.4 Å². The Labute approximate surface area is 269 Å². The molecule has 0 radical (unpaired) electrons. The number of nitrogens with one attached hydrogen (secondary N) is 3. The van der Waals surface area contributed by atoms with Crippen LogP contribution in [0.5, 0.6) is 5.88 Å². The van der Waals surface area contributed by atoms with Crippen LogP contribution in [0.2, 0.25) is 10.0 Å². The lowest BCUT2D eigenvalue weighted by Gasteiger charge is -2.16. The van der Waals surface area contributed by atoms with Crippen LogP contribution < -0.4 is 26.2 Å². The highest BCUT2D eigenvalue weighted by atomic mass is 35.5. The average molecular weight is 645 g/mol. The molecule has 0 spiro atoms. The number of aromatic nitrogens is 4. The third kappa shape index (κ3) is 6.22. The fourth-order valence-corrected chi connectivity index (χ4v) is 6.12. The quantitative estimate of drug-likeness (QED) is 0.184. The molecular formula is C33H31Cl2N7O3. The zero-order chi connectivity index (χ0) is 31.7. The molecule has 6 rings (SSSR count). The molecular weight excluding hydrogens is 613 g/mol. The van der Waals surface area contributed by atoms with Crippen molar-refractivity contribution in [2.24, 2.45) is 7.05 Å². The Balaban J connectivity index is 1.29. The molecule has 0 unspecified atom stereocenters. The van der Waals surface area contributed by atoms with Crippen molar-refractivity contribution in [3.05, 3.63) is 92.5 Å². The number of pyridine rings is 2. The van der Waals surface area contributed by atoms with Gasteiger partial charge in [-0.05, 0) is 31.5 Å². The number of hydrogen-bond acceptors (Lipinski definition) is 8. The Kier molecular flexibility index (Phi) is 8.71. The normalized spacial score (nSPS) is 14.5. The second kappa shape index (κ2) is 12.8. The lowest BCUT2D eigenvalue weighted by Crippen LogP contribution is -2.35. The Morgan fingerprint density at radius 1 is 1.02 bits per heavy atom. The van der Waals surface area contributed by atoms with Crippen LogP contribution in [0.3, 0.4) is 0 Å². The summed E-state index contributed by atoms with van der Waals surface area (Å²) in [5.74, 6) is 0.974. The topological polar surface area (TPSA) is 123 Å². The molecule has 0 aliphatic carbocycles. The summed E-state index contributed by atoms with van der Waals surface area (Å²) in [7, 11) is 3.18. The SMILES string of the molecule is COc1nc(-c2cccc(-c3cccc(Nc4nc(C)cc5cnn(C)c(=O)c45)c3Cl)c2Cl)ccc1CNC[C@@H]1CCC(=O)N1. The molecule has 1 amide bonds. The minimum atomic E-state index is -0.266. The van der Waals surface area contributed by atoms with Crippen molar-refractivity contribution in [2.45, 2.75) is 32.4 Å². The van der Waals surface area contributed by atoms with Crippen LogP contribution in [0, 0.1) is 6.92 Å². The van der Waals surface area contributed by atoms with Gasteiger partial charge in [0, 0.05) is 65.9 Å². The largest absolute Gasteiger partial charge is 0.481 e. The molecule has 3 aromatic heterocycles. The number of aryl methyl sites for hydroxylation is 2. The van der Waals surface area contributed by atoms with Gasteiger partial charge in [0.2, 0.25) is 11.8 Å². The van der Waals surface area contributed by atoms with Crippen molar-refractivity contribution >= 4 is 51.4 Å². The zero-order valence-corrected chi connectivity index (χ0v) is 26.5. The molecule has 3 N–H and O–H groups in total. The van der Waals surface area contributed by atoms with Gasteiger partial charge in [0.1, 0.15) is 5.82 Å². The van der Waals surface area contributed by atoms with E-state index in [-0.39, 0.29) is 17.5 Å². The van der Waals surface area contributed by atoms with Gasteiger partial charge in [-0.2, -0.15) is 5.10 Å². The number of methoxy groups -OCH3 is 1. The summed E-state index contributed by atoms with van der Waals surface area (Å²) < 4.78 is 6.90. The van der Waals surface area contributed by atoms with Gasteiger partial charge in [0.05, 0.1) is 40.1 Å². The van der Waals surface area contributed by atoms with Gasteiger partial charge >= 0.3 is 0 Å². The van der Waals surface area contributed by atoms with Crippen LogP contribution in [-0.4, -0.2) is 45.4 Å². The van der Waals surface area contributed by atoms with Gasteiger partial charge in [-0.25, -0.2) is 14.6 Å². The Hall–Kier alpha value is -4.51. The van der Waals surface area contributed by atoms with Crippen molar-refractivity contribution < 1.29 is 9.53 Å². The maximum atomic E-state index is 13.0. The number of halogens is 2. The van der Waals surface area contributed by atoms with Crippen LogP contribution in [-0.2, 0) is 18.4 Å². The molecule has 1 aliphatic heterocycles. The molecule has 10 nitrogen and oxygen atoms in total. The number of nitrogens with zero attached hydrogens (tertiary/aromatic N) is 4. The van der Waals surface area contributed by atoms with Gasteiger partial charge in [-0.3, -0.25) is 9.59 Å². The van der Waals surface area contributed by atoms with E-state index in [2.05, 4.69) is 26.0 Å². The smallest absolute Gasteiger partial charge is 0.278 e. The molecule has 230 valence electrons. The third-order valence-electron chi connectivity index (χ3n) is 7.80. The van der Waals surface area contributed by atoms with Crippen LogP contribution in [0.15, 0.2) is 65.6 Å². The number of carbonyl (C=O) groups is 1. The molecule has 45 heavy (non-hydrogen) atoms. The van der Waals surface area contributed by atoms with E-state index < -0.39 is 0 Å². The second-order valence-electron chi connectivity index (χ2n) is 10.9. The fourth-order valence-electron chi connectivity index (χ4n) is 5.52. The highest BCUT2D eigenvalue weighted by molar-refractivity contribution is 6.39. The van der Waals surface area contributed by atoms with Crippen LogP contribution in [0.4, 0.5) is 11.5 Å². The number of ether oxygens (including phenoxy) is 1. The molecule has 12 heteroatoms. The van der Waals surface area contributed by atoms with E-state index >= 15 is 0 Å². The van der Waals surface area contributed by atoms with Gasteiger partial charge in [0.25, 0.3) is 5.56 Å². The molecule has 5 aromatic rings. The van der Waals surface area contributed by atoms with E-state index in [4.69, 9.17) is 32.9 Å². The van der Waals surface area contributed by atoms with Gasteiger partial charge in [-0.1, -0.05) is 59.6 Å². The highest BCUT2D eigenvalue weighted by Crippen LogP contribution is 2.42. The first-order chi connectivity index (χ1) is 21.7. The number of amides is 1. The monoisotopic (exact) mass is 643 g/mol. The highest BCUT2D eigenvalue weighted by Gasteiger charge is 2.21. The van der Waals surface area contributed by atoms with Crippen LogP contribution >= 0.6 is 23.2 Å². The second-order valence-corrected chi connectivity index (χ2v) is 11.7. The molecule has 1 atom stereocenters. The summed E-state index contributed by atoms with van der Waals surface area (Å²) in [5, 5.41) is 15.8. The standard InChI is InChI=1S/C33H31Cl2N7O3/c1-18-14-20-16-37-42(2)33(44)28(20)31(38-18)40-26-9-5-7-23(30(26)35)22-6-4-8-24(29(22)34)25-12-10-19(32(41-25)45-3)15-36-17-21-11-13-27(43)39-21/h4-10,12,14,16,21,36H,11,13,15,17H2,1-3H3,(H,38,40)(H,39,43)/t21-/m0/s1. The number of rotatable bonds is 9. The summed E-state index contributed by atoms with van der Waals surface area (Å²) in [4.78, 5) is 33.8. The lowest BCUT2D eigenvalue weighted by atomic mass is 10.00. The number of carbonyl (C=O) groups excluding carboxylic acids is 1. The molecule has 1 fully saturated rings. The van der Waals surface area contributed by atoms with Gasteiger partial charge < -0.3 is 20.7 Å². The van der Waals surface area contributed by atoms with E-state index in [1.54, 1.807) is 20.4 Å². The van der Waals surface area contributed by atoms with E-state index in [0.29, 0.717) is 69.0 Å². The summed E-state index contributed by atoms with van der Waals surface area (Å²) in [6, 6.07) is 17.1. The van der Waals surface area contributed by atoms with Gasteiger partial charge in [-0.15, -0.1) is 0 Å². The minimum Gasteiger partial charge on any atom is -0.481 e. The number of fused-ring (bicyclic) bond motifs is 1. The minimum absolute atomic E-state index is 0.0931. The van der Waals surface area contributed by atoms with E-state index in [0.717, 1.165) is 28.8 Å². The van der Waals surface area contributed by atoms with E-state index in [1.165, 1.54) is 4.68 Å². The van der Waals surface area contributed by atoms with E-state index in [1.807, 2.05) is 61.5 Å². The zero-order valence-electron chi connectivity index (χ0n) is 24.9. The Morgan fingerprint density at radius 3 is 2.53 bits per heavy atom. The van der Waals surface area contributed by atoms with Crippen molar-refractivity contribution in [3.63, 3.8) is 0 Å². The summed E-state index contributed by atoms with van der Waals surface area (Å²) >= 11 is 14.0. The summed E-state index contributed by atoms with van der Waals surface area (Å²) in [5.41, 5.74) is 4.72. The molecule has 4 heterocycles. The predicted molar refractivity (Wildman–Crippen MR) is 177 cm³/mol. The molecule has 0 bridgehead atoms. The predicted octanol–water partition coefficient (Wildman–Crippen LogP) is 5.79. The van der Waals surface area contributed by atoms with Crippen LogP contribution in [0.25, 0.3) is 33.2 Å². The summed E-state index contributed by atoms with van der Waals surface area (Å²) in [6.45, 7) is 3.07. The maximum absolute atomic E-state index is 13.0. The van der Waals surface area contributed by atoms with Crippen LogP contribution in [0.1, 0.15) is 24.1 Å². The Morgan fingerprint density at radius 2 is 1.78 bits per heavy atom. The van der Waals surface area contributed by atoms with Gasteiger partial charge in [0.15, 0.2) is 0 Å². The number of hydrogen-bond donors (Lipinski definition) is 3. The molecule has 1 aliphatic rings. The third-order valence-corrected chi connectivity index (χ3v) is 8.61. The average Bonchev–Trinajstić information content (AvgIpc) is 3.45. The van der Waals surface area contributed by atoms with Crippen molar-refractivity contribution in [3.8, 4) is 28.3 Å². The molecule has 0 saturated carbocycles. The van der Waals surface area contributed by atoms with Crippen molar-refractivity contribution in [2.75, 3.05) is 19.0 Å².